The van der Waals surface area contributed by atoms with Crippen LogP contribution in [0.2, 0.25) is 0 Å². The number of hydrogen-bond acceptors (Lipinski definition) is 7. The van der Waals surface area contributed by atoms with Crippen LogP contribution in [0.5, 0.6) is 0 Å². The quantitative estimate of drug-likeness (QED) is 0.650. The van der Waals surface area contributed by atoms with E-state index in [1.165, 1.54) is 6.92 Å². The zero-order chi connectivity index (χ0) is 24.4. The minimum absolute atomic E-state index is 0.114. The SMILES string of the molecule is Cc1nc2nc(C(F)(F)F)nn2c(C)c1CCC(=O)OC(C)C(=O)NC1(C#N)CCCCC1. The number of carbonyl (C=O) groups excluding carboxylic acids is 2. The molecular weight excluding hydrogens is 441 g/mol. The fourth-order valence-corrected chi connectivity index (χ4v) is 3.98. The molecule has 1 N–H and O–H groups in total. The molecule has 0 bridgehead atoms. The summed E-state index contributed by atoms with van der Waals surface area (Å²) in [5, 5.41) is 15.7. The van der Waals surface area contributed by atoms with Gasteiger partial charge in [-0.15, -0.1) is 5.10 Å². The molecule has 0 aliphatic heterocycles. The van der Waals surface area contributed by atoms with E-state index in [1.54, 1.807) is 13.8 Å². The Hall–Kier alpha value is -3.23. The average Bonchev–Trinajstić information content (AvgIpc) is 3.19. The van der Waals surface area contributed by atoms with Gasteiger partial charge in [-0.25, -0.2) is 9.50 Å². The fourth-order valence-electron chi connectivity index (χ4n) is 3.98. The first-order chi connectivity index (χ1) is 15.5. The van der Waals surface area contributed by atoms with E-state index in [9.17, 15) is 28.0 Å². The second kappa shape index (κ2) is 9.33. The van der Waals surface area contributed by atoms with Gasteiger partial charge in [0.05, 0.1) is 6.07 Å². The molecular formula is C21H25F3N6O3. The van der Waals surface area contributed by atoms with Crippen molar-refractivity contribution in [1.82, 2.24) is 24.9 Å². The monoisotopic (exact) mass is 466 g/mol. The van der Waals surface area contributed by atoms with Gasteiger partial charge in [0.1, 0.15) is 5.54 Å². The van der Waals surface area contributed by atoms with Crippen LogP contribution in [0, 0.1) is 25.2 Å². The highest BCUT2D eigenvalue weighted by atomic mass is 19.4. The highest BCUT2D eigenvalue weighted by Crippen LogP contribution is 2.28. The minimum Gasteiger partial charge on any atom is -0.453 e. The van der Waals surface area contributed by atoms with Crippen LogP contribution in [-0.2, 0) is 26.9 Å². The van der Waals surface area contributed by atoms with Gasteiger partial charge in [0, 0.05) is 17.8 Å². The van der Waals surface area contributed by atoms with E-state index in [0.29, 0.717) is 29.8 Å². The van der Waals surface area contributed by atoms with Crippen molar-refractivity contribution in [3.63, 3.8) is 0 Å². The molecule has 1 aliphatic rings. The van der Waals surface area contributed by atoms with Gasteiger partial charge >= 0.3 is 12.1 Å². The Labute approximate surface area is 188 Å². The van der Waals surface area contributed by atoms with Gasteiger partial charge in [-0.3, -0.25) is 9.59 Å². The first-order valence-corrected chi connectivity index (χ1v) is 10.7. The minimum atomic E-state index is -4.70. The molecule has 0 aromatic carbocycles. The van der Waals surface area contributed by atoms with Gasteiger partial charge in [-0.1, -0.05) is 19.3 Å². The van der Waals surface area contributed by atoms with E-state index in [4.69, 9.17) is 4.74 Å². The molecule has 1 fully saturated rings. The number of halogens is 3. The van der Waals surface area contributed by atoms with Gasteiger partial charge in [-0.05, 0) is 45.6 Å². The van der Waals surface area contributed by atoms with Crippen LogP contribution >= 0.6 is 0 Å². The third kappa shape index (κ3) is 5.40. The number of nitrogens with zero attached hydrogens (tertiary/aromatic N) is 5. The summed E-state index contributed by atoms with van der Waals surface area (Å²) in [7, 11) is 0. The van der Waals surface area contributed by atoms with Crippen molar-refractivity contribution < 1.29 is 27.5 Å². The summed E-state index contributed by atoms with van der Waals surface area (Å²) in [5.41, 5.74) is 0.416. The van der Waals surface area contributed by atoms with Crippen LogP contribution in [-0.4, -0.2) is 43.1 Å². The fraction of sp³-hybridized carbons (Fsp3) is 0.619. The molecule has 9 nitrogen and oxygen atoms in total. The first-order valence-electron chi connectivity index (χ1n) is 10.7. The number of esters is 1. The lowest BCUT2D eigenvalue weighted by Gasteiger charge is -2.32. The lowest BCUT2D eigenvalue weighted by molar-refractivity contribution is -0.155. The second-order valence-electron chi connectivity index (χ2n) is 8.28. The summed E-state index contributed by atoms with van der Waals surface area (Å²) in [5.74, 6) is -2.66. The number of aryl methyl sites for hydroxylation is 2. The van der Waals surface area contributed by atoms with Crippen LogP contribution in [0.4, 0.5) is 13.2 Å². The van der Waals surface area contributed by atoms with E-state index in [0.717, 1.165) is 23.8 Å². The van der Waals surface area contributed by atoms with Crippen molar-refractivity contribution >= 4 is 17.7 Å². The predicted octanol–water partition coefficient (Wildman–Crippen LogP) is 2.97. The third-order valence-corrected chi connectivity index (χ3v) is 5.84. The van der Waals surface area contributed by atoms with Crippen LogP contribution in [0.15, 0.2) is 0 Å². The van der Waals surface area contributed by atoms with E-state index >= 15 is 0 Å². The molecule has 1 atom stereocenters. The van der Waals surface area contributed by atoms with Crippen molar-refractivity contribution in [1.29, 1.82) is 5.26 Å². The zero-order valence-electron chi connectivity index (χ0n) is 18.6. The molecule has 12 heteroatoms. The Morgan fingerprint density at radius 3 is 2.52 bits per heavy atom. The lowest BCUT2D eigenvalue weighted by Crippen LogP contribution is -2.52. The summed E-state index contributed by atoms with van der Waals surface area (Å²) in [6.07, 6.45) is -1.95. The molecule has 1 aliphatic carbocycles. The molecule has 1 amide bonds. The molecule has 1 saturated carbocycles. The Bertz CT molecular complexity index is 1100. The summed E-state index contributed by atoms with van der Waals surface area (Å²) in [6, 6.07) is 2.18. The average molecular weight is 466 g/mol. The first kappa shape index (κ1) is 24.4. The van der Waals surface area contributed by atoms with Gasteiger partial charge in [0.25, 0.3) is 17.5 Å². The van der Waals surface area contributed by atoms with E-state index in [2.05, 4.69) is 26.5 Å². The molecule has 0 saturated heterocycles. The topological polar surface area (TPSA) is 122 Å². The molecule has 1 unspecified atom stereocenters. The van der Waals surface area contributed by atoms with Crippen molar-refractivity contribution in [3.8, 4) is 6.07 Å². The number of alkyl halides is 3. The van der Waals surface area contributed by atoms with Crippen LogP contribution in [0.1, 0.15) is 68.2 Å². The highest BCUT2D eigenvalue weighted by Gasteiger charge is 2.37. The largest absolute Gasteiger partial charge is 0.453 e. The summed E-state index contributed by atoms with van der Waals surface area (Å²) in [6.45, 7) is 4.61. The number of fused-ring (bicyclic) bond motifs is 1. The number of amides is 1. The number of aromatic nitrogens is 4. The second-order valence-corrected chi connectivity index (χ2v) is 8.28. The molecule has 2 aromatic heterocycles. The van der Waals surface area contributed by atoms with Gasteiger partial charge in [0.2, 0.25) is 0 Å². The number of nitriles is 1. The summed E-state index contributed by atoms with van der Waals surface area (Å²) >= 11 is 0. The molecule has 178 valence electrons. The Morgan fingerprint density at radius 1 is 1.24 bits per heavy atom. The van der Waals surface area contributed by atoms with E-state index in [-0.39, 0.29) is 18.6 Å². The van der Waals surface area contributed by atoms with Gasteiger partial charge < -0.3 is 10.1 Å². The van der Waals surface area contributed by atoms with E-state index < -0.39 is 35.5 Å². The van der Waals surface area contributed by atoms with Crippen molar-refractivity contribution in [2.75, 3.05) is 0 Å². The molecule has 0 radical (unpaired) electrons. The van der Waals surface area contributed by atoms with Crippen molar-refractivity contribution in [2.45, 2.75) is 83.5 Å². The Balaban J connectivity index is 1.63. The number of rotatable bonds is 6. The molecule has 2 heterocycles. The Morgan fingerprint density at radius 2 is 1.91 bits per heavy atom. The number of carbonyl (C=O) groups is 2. The van der Waals surface area contributed by atoms with Crippen molar-refractivity contribution in [2.24, 2.45) is 0 Å². The predicted molar refractivity (Wildman–Crippen MR) is 109 cm³/mol. The molecule has 0 spiro atoms. The third-order valence-electron chi connectivity index (χ3n) is 5.84. The van der Waals surface area contributed by atoms with Gasteiger partial charge in [0.15, 0.2) is 6.10 Å². The number of hydrogen-bond donors (Lipinski definition) is 1. The molecule has 33 heavy (non-hydrogen) atoms. The lowest BCUT2D eigenvalue weighted by atomic mass is 9.83. The maximum atomic E-state index is 12.9. The van der Waals surface area contributed by atoms with Gasteiger partial charge in [-0.2, -0.15) is 23.4 Å². The zero-order valence-corrected chi connectivity index (χ0v) is 18.6. The highest BCUT2D eigenvalue weighted by molar-refractivity contribution is 5.84. The van der Waals surface area contributed by atoms with Crippen molar-refractivity contribution in [3.05, 3.63) is 22.8 Å². The summed E-state index contributed by atoms with van der Waals surface area (Å²) in [4.78, 5) is 32.3. The van der Waals surface area contributed by atoms with Crippen LogP contribution < -0.4 is 5.32 Å². The molecule has 3 rings (SSSR count). The number of nitrogens with one attached hydrogen (secondary N) is 1. The standard InChI is InChI=1S/C21H25F3N6O3/c1-12-15(13(2)30-19(26-12)27-18(29-30)21(22,23)24)7-8-16(31)33-14(3)17(32)28-20(11-25)9-5-4-6-10-20/h14H,4-10H2,1-3H3,(H,28,32). The van der Waals surface area contributed by atoms with Crippen LogP contribution in [0.25, 0.3) is 5.78 Å². The maximum Gasteiger partial charge on any atom is 0.453 e. The Kier molecular flexibility index (Phi) is 6.90. The van der Waals surface area contributed by atoms with Crippen LogP contribution in [0.3, 0.4) is 0 Å². The smallest absolute Gasteiger partial charge is 0.453 e. The van der Waals surface area contributed by atoms with E-state index in [1.807, 2.05) is 0 Å². The molecule has 2 aromatic rings. The summed E-state index contributed by atoms with van der Waals surface area (Å²) < 4.78 is 45.0. The normalized spacial score (nSPS) is 16.8. The maximum absolute atomic E-state index is 12.9. The number of ether oxygens (including phenoxy) is 1.